The van der Waals surface area contributed by atoms with Crippen molar-refractivity contribution in [2.45, 2.75) is 64.2 Å². The molecule has 0 rings (SSSR count). The average Bonchev–Trinajstić information content (AvgIpc) is 2.39. The molecule has 0 aromatic rings. The maximum Gasteiger partial charge on any atom is 0.236 e. The van der Waals surface area contributed by atoms with Crippen LogP contribution in [0.15, 0.2) is 0 Å². The van der Waals surface area contributed by atoms with Crippen LogP contribution in [0, 0.1) is 0 Å². The van der Waals surface area contributed by atoms with Crippen LogP contribution in [0.4, 0.5) is 0 Å². The summed E-state index contributed by atoms with van der Waals surface area (Å²) in [6.45, 7) is 0. The van der Waals surface area contributed by atoms with Crippen molar-refractivity contribution < 1.29 is 9.59 Å². The van der Waals surface area contributed by atoms with Gasteiger partial charge in [0.15, 0.2) is 0 Å². The fraction of sp³-hybridized carbons (Fsp3) is 0.846. The normalized spacial score (nSPS) is 10.3. The van der Waals surface area contributed by atoms with Gasteiger partial charge in [0.2, 0.25) is 11.8 Å². The molecule has 0 aromatic heterocycles. The number of unbranched alkanes of at least 4 members (excludes halogenated alkanes) is 7. The van der Waals surface area contributed by atoms with Crippen LogP contribution in [0.5, 0.6) is 0 Å². The smallest absolute Gasteiger partial charge is 0.236 e. The lowest BCUT2D eigenvalue weighted by atomic mass is 10.1. The van der Waals surface area contributed by atoms with Crippen molar-refractivity contribution in [3.8, 4) is 0 Å². The molecule has 0 aromatic carbocycles. The highest BCUT2D eigenvalue weighted by molar-refractivity contribution is 5.75. The van der Waals surface area contributed by atoms with E-state index in [1.54, 1.807) is 7.05 Å². The van der Waals surface area contributed by atoms with E-state index in [0.29, 0.717) is 12.8 Å². The van der Waals surface area contributed by atoms with Gasteiger partial charge in [0.05, 0.1) is 0 Å². The molecule has 6 heteroatoms. The van der Waals surface area contributed by atoms with Crippen molar-refractivity contribution in [2.75, 3.05) is 7.05 Å². The van der Waals surface area contributed by atoms with E-state index in [9.17, 15) is 9.59 Å². The Morgan fingerprint density at radius 1 is 0.895 bits per heavy atom. The van der Waals surface area contributed by atoms with Gasteiger partial charge in [-0.3, -0.25) is 20.0 Å². The third kappa shape index (κ3) is 11.7. The molecule has 0 fully saturated rings. The minimum atomic E-state index is -0.0884. The van der Waals surface area contributed by atoms with Gasteiger partial charge in [-0.25, -0.2) is 11.7 Å². The molecule has 0 bridgehead atoms. The molecule has 0 saturated carbocycles. The number of amides is 2. The SMILES string of the molecule is CN(N)C(=O)CCCCCCCCCCC(=O)NN. The van der Waals surface area contributed by atoms with Crippen molar-refractivity contribution in [1.82, 2.24) is 10.4 Å². The highest BCUT2D eigenvalue weighted by atomic mass is 16.2. The lowest BCUT2D eigenvalue weighted by Gasteiger charge is -2.09. The third-order valence-electron chi connectivity index (χ3n) is 3.10. The highest BCUT2D eigenvalue weighted by Gasteiger charge is 2.03. The topological polar surface area (TPSA) is 101 Å². The zero-order valence-electron chi connectivity index (χ0n) is 12.0. The number of nitrogens with one attached hydrogen (secondary N) is 1. The molecule has 112 valence electrons. The van der Waals surface area contributed by atoms with Crippen molar-refractivity contribution in [3.05, 3.63) is 0 Å². The van der Waals surface area contributed by atoms with E-state index in [4.69, 9.17) is 11.7 Å². The van der Waals surface area contributed by atoms with E-state index in [0.717, 1.165) is 43.5 Å². The Balaban J connectivity index is 3.15. The number of nitrogens with zero attached hydrogens (tertiary/aromatic N) is 1. The average molecular weight is 272 g/mol. The van der Waals surface area contributed by atoms with E-state index in [1.165, 1.54) is 12.8 Å². The summed E-state index contributed by atoms with van der Waals surface area (Å²) in [6, 6.07) is 0. The van der Waals surface area contributed by atoms with Crippen LogP contribution >= 0.6 is 0 Å². The summed E-state index contributed by atoms with van der Waals surface area (Å²) in [5.74, 6) is 10.2. The van der Waals surface area contributed by atoms with Gasteiger partial charge >= 0.3 is 0 Å². The maximum absolute atomic E-state index is 11.2. The van der Waals surface area contributed by atoms with Crippen LogP contribution in [0.1, 0.15) is 64.2 Å². The maximum atomic E-state index is 11.2. The minimum Gasteiger partial charge on any atom is -0.294 e. The summed E-state index contributed by atoms with van der Waals surface area (Å²) < 4.78 is 0. The first-order chi connectivity index (χ1) is 9.07. The van der Waals surface area contributed by atoms with Crippen LogP contribution in [0.3, 0.4) is 0 Å². The van der Waals surface area contributed by atoms with Crippen LogP contribution in [-0.4, -0.2) is 23.9 Å². The van der Waals surface area contributed by atoms with Gasteiger partial charge in [-0.2, -0.15) is 0 Å². The minimum absolute atomic E-state index is 0.00168. The Morgan fingerprint density at radius 3 is 1.74 bits per heavy atom. The van der Waals surface area contributed by atoms with Gasteiger partial charge in [-0.1, -0.05) is 38.5 Å². The number of hydrazine groups is 2. The van der Waals surface area contributed by atoms with Crippen LogP contribution in [0.25, 0.3) is 0 Å². The molecule has 2 amide bonds. The molecule has 19 heavy (non-hydrogen) atoms. The first kappa shape index (κ1) is 17.9. The van der Waals surface area contributed by atoms with Crippen molar-refractivity contribution in [2.24, 2.45) is 11.7 Å². The molecule has 0 saturated heterocycles. The summed E-state index contributed by atoms with van der Waals surface area (Å²) in [5, 5.41) is 1.15. The molecule has 5 N–H and O–H groups in total. The van der Waals surface area contributed by atoms with Gasteiger partial charge in [0.25, 0.3) is 0 Å². The lowest BCUT2D eigenvalue weighted by molar-refractivity contribution is -0.130. The molecule has 0 aliphatic rings. The molecule has 0 aliphatic carbocycles. The Kier molecular flexibility index (Phi) is 11.2. The third-order valence-corrected chi connectivity index (χ3v) is 3.10. The molecular formula is C13H28N4O2. The van der Waals surface area contributed by atoms with Crippen LogP contribution in [0.2, 0.25) is 0 Å². The second-order valence-electron chi connectivity index (χ2n) is 4.90. The molecule has 0 heterocycles. The summed E-state index contributed by atoms with van der Waals surface area (Å²) in [4.78, 5) is 22.0. The number of hydrogen-bond acceptors (Lipinski definition) is 4. The van der Waals surface area contributed by atoms with Crippen LogP contribution in [-0.2, 0) is 9.59 Å². The Hall–Kier alpha value is -1.14. The fourth-order valence-corrected chi connectivity index (χ4v) is 1.87. The van der Waals surface area contributed by atoms with E-state index in [2.05, 4.69) is 5.43 Å². The number of nitrogens with two attached hydrogens (primary N) is 2. The van der Waals surface area contributed by atoms with E-state index >= 15 is 0 Å². The van der Waals surface area contributed by atoms with E-state index in [1.807, 2.05) is 0 Å². The summed E-state index contributed by atoms with van der Waals surface area (Å²) in [6.07, 6.45) is 9.72. The standard InChI is InChI=1S/C13H28N4O2/c1-17(15)13(19)11-9-7-5-3-2-4-6-8-10-12(18)16-14/h2-11,14-15H2,1H3,(H,16,18). The zero-order chi connectivity index (χ0) is 14.5. The van der Waals surface area contributed by atoms with Crippen molar-refractivity contribution >= 4 is 11.8 Å². The van der Waals surface area contributed by atoms with Gasteiger partial charge in [-0.05, 0) is 12.8 Å². The molecule has 0 spiro atoms. The van der Waals surface area contributed by atoms with Gasteiger partial charge in [0, 0.05) is 19.9 Å². The zero-order valence-corrected chi connectivity index (χ0v) is 12.0. The molecule has 0 unspecified atom stereocenters. The van der Waals surface area contributed by atoms with E-state index < -0.39 is 0 Å². The number of rotatable bonds is 11. The number of carbonyl (C=O) groups is 2. The first-order valence-corrected chi connectivity index (χ1v) is 7.08. The molecule has 6 nitrogen and oxygen atoms in total. The Labute approximate surface area is 115 Å². The van der Waals surface area contributed by atoms with Crippen LogP contribution < -0.4 is 17.1 Å². The van der Waals surface area contributed by atoms with Gasteiger partial charge < -0.3 is 0 Å². The number of carbonyl (C=O) groups excluding carboxylic acids is 2. The van der Waals surface area contributed by atoms with Gasteiger partial charge in [0.1, 0.15) is 0 Å². The quantitative estimate of drug-likeness (QED) is 0.228. The monoisotopic (exact) mass is 272 g/mol. The summed E-state index contributed by atoms with van der Waals surface area (Å²) in [7, 11) is 1.58. The highest BCUT2D eigenvalue weighted by Crippen LogP contribution is 2.10. The Morgan fingerprint density at radius 2 is 1.32 bits per heavy atom. The lowest BCUT2D eigenvalue weighted by Crippen LogP contribution is -2.32. The second-order valence-corrected chi connectivity index (χ2v) is 4.90. The molecule has 0 aliphatic heterocycles. The largest absolute Gasteiger partial charge is 0.294 e. The Bertz CT molecular complexity index is 257. The van der Waals surface area contributed by atoms with Crippen molar-refractivity contribution in [3.63, 3.8) is 0 Å². The molecule has 0 atom stereocenters. The second kappa shape index (κ2) is 11.9. The first-order valence-electron chi connectivity index (χ1n) is 7.08. The predicted octanol–water partition coefficient (Wildman–Crippen LogP) is 1.21. The fourth-order valence-electron chi connectivity index (χ4n) is 1.87. The summed E-state index contributed by atoms with van der Waals surface area (Å²) in [5.41, 5.74) is 2.13. The predicted molar refractivity (Wildman–Crippen MR) is 75.5 cm³/mol. The summed E-state index contributed by atoms with van der Waals surface area (Å²) >= 11 is 0. The van der Waals surface area contributed by atoms with Crippen molar-refractivity contribution in [1.29, 1.82) is 0 Å². The molecule has 0 radical (unpaired) electrons. The van der Waals surface area contributed by atoms with E-state index in [-0.39, 0.29) is 11.8 Å². The molecular weight excluding hydrogens is 244 g/mol. The number of hydrogen-bond donors (Lipinski definition) is 3. The van der Waals surface area contributed by atoms with Gasteiger partial charge in [-0.15, -0.1) is 0 Å².